The van der Waals surface area contributed by atoms with E-state index in [1.54, 1.807) is 10.9 Å². The number of hydrogen-bond acceptors (Lipinski definition) is 5. The molecule has 3 heterocycles. The van der Waals surface area contributed by atoms with E-state index >= 15 is 0 Å². The Bertz CT molecular complexity index is 827. The third-order valence-electron chi connectivity index (χ3n) is 3.06. The van der Waals surface area contributed by atoms with Gasteiger partial charge in [-0.2, -0.15) is 24.5 Å². The lowest BCUT2D eigenvalue weighted by Crippen LogP contribution is -2.23. The molecular formula is C14H10F3N5OS. The molecule has 0 aliphatic rings. The molecule has 1 N–H and O–H groups in total. The second kappa shape index (κ2) is 6.40. The minimum absolute atomic E-state index is 0.0354. The molecule has 0 atom stereocenters. The van der Waals surface area contributed by atoms with Gasteiger partial charge in [-0.25, -0.2) is 4.68 Å². The molecule has 10 heteroatoms. The number of carbonyl (C=O) groups is 1. The lowest BCUT2D eigenvalue weighted by molar-refractivity contribution is -0.141. The molecular weight excluding hydrogens is 343 g/mol. The van der Waals surface area contributed by atoms with Gasteiger partial charge in [-0.1, -0.05) is 5.21 Å². The lowest BCUT2D eigenvalue weighted by Gasteiger charge is -2.06. The van der Waals surface area contributed by atoms with Gasteiger partial charge in [0.25, 0.3) is 5.91 Å². The van der Waals surface area contributed by atoms with Crippen LogP contribution in [0.25, 0.3) is 5.69 Å². The topological polar surface area (TPSA) is 72.7 Å². The van der Waals surface area contributed by atoms with Crippen molar-refractivity contribution in [3.05, 3.63) is 58.3 Å². The molecule has 0 unspecified atom stereocenters. The highest BCUT2D eigenvalue weighted by atomic mass is 32.1. The van der Waals surface area contributed by atoms with Crippen molar-refractivity contribution in [1.82, 2.24) is 25.3 Å². The maximum absolute atomic E-state index is 12.4. The number of nitrogens with zero attached hydrogens (tertiary/aromatic N) is 4. The summed E-state index contributed by atoms with van der Waals surface area (Å²) in [6, 6.07) is 3.71. The Balaban J connectivity index is 1.61. The van der Waals surface area contributed by atoms with Crippen molar-refractivity contribution in [2.24, 2.45) is 0 Å². The molecule has 0 saturated heterocycles. The Kier molecular flexibility index (Phi) is 4.30. The smallest absolute Gasteiger partial charge is 0.346 e. The summed E-state index contributed by atoms with van der Waals surface area (Å²) in [4.78, 5) is 15.2. The Morgan fingerprint density at radius 3 is 2.75 bits per heavy atom. The van der Waals surface area contributed by atoms with E-state index in [4.69, 9.17) is 0 Å². The maximum Gasteiger partial charge on any atom is 0.433 e. The molecule has 0 aromatic carbocycles. The van der Waals surface area contributed by atoms with Gasteiger partial charge >= 0.3 is 6.18 Å². The quantitative estimate of drug-likeness (QED) is 0.783. The van der Waals surface area contributed by atoms with Crippen LogP contribution in [0.1, 0.15) is 21.7 Å². The van der Waals surface area contributed by atoms with Crippen molar-refractivity contribution < 1.29 is 18.0 Å². The van der Waals surface area contributed by atoms with Crippen molar-refractivity contribution in [3.8, 4) is 5.69 Å². The van der Waals surface area contributed by atoms with Crippen LogP contribution in [0, 0.1) is 0 Å². The predicted molar refractivity (Wildman–Crippen MR) is 79.6 cm³/mol. The Labute approximate surface area is 138 Å². The SMILES string of the molecule is O=C(NCc1cn(-c2ccsc2)nn1)c1ccc(C(F)(F)F)nc1. The number of aromatic nitrogens is 4. The van der Waals surface area contributed by atoms with Gasteiger partial charge in [0.15, 0.2) is 0 Å². The summed E-state index contributed by atoms with van der Waals surface area (Å²) in [5.41, 5.74) is 0.373. The third-order valence-corrected chi connectivity index (χ3v) is 3.73. The van der Waals surface area contributed by atoms with Crippen molar-refractivity contribution >= 4 is 17.2 Å². The molecule has 24 heavy (non-hydrogen) atoms. The average Bonchev–Trinajstić information content (AvgIpc) is 3.23. The van der Waals surface area contributed by atoms with Gasteiger partial charge in [-0.3, -0.25) is 9.78 Å². The first kappa shape index (κ1) is 16.1. The van der Waals surface area contributed by atoms with E-state index < -0.39 is 17.8 Å². The van der Waals surface area contributed by atoms with E-state index in [2.05, 4.69) is 20.6 Å². The number of hydrogen-bond donors (Lipinski definition) is 1. The zero-order valence-electron chi connectivity index (χ0n) is 12.0. The minimum atomic E-state index is -4.53. The van der Waals surface area contributed by atoms with E-state index in [9.17, 15) is 18.0 Å². The number of carbonyl (C=O) groups excluding carboxylic acids is 1. The third kappa shape index (κ3) is 3.59. The number of halogens is 3. The molecule has 0 aliphatic heterocycles. The summed E-state index contributed by atoms with van der Waals surface area (Å²) >= 11 is 1.52. The fraction of sp³-hybridized carbons (Fsp3) is 0.143. The van der Waals surface area contributed by atoms with Gasteiger partial charge in [-0.05, 0) is 23.6 Å². The fourth-order valence-corrected chi connectivity index (χ4v) is 2.48. The summed E-state index contributed by atoms with van der Waals surface area (Å²) in [6.07, 6.45) is -1.98. The number of pyridine rings is 1. The fourth-order valence-electron chi connectivity index (χ4n) is 1.86. The highest BCUT2D eigenvalue weighted by Gasteiger charge is 2.32. The molecule has 3 aromatic rings. The van der Waals surface area contributed by atoms with Crippen LogP contribution in [0.3, 0.4) is 0 Å². The first-order valence-corrected chi connectivity index (χ1v) is 7.63. The average molecular weight is 353 g/mol. The van der Waals surface area contributed by atoms with Gasteiger partial charge in [0, 0.05) is 11.6 Å². The molecule has 1 amide bonds. The van der Waals surface area contributed by atoms with Crippen LogP contribution in [-0.4, -0.2) is 25.9 Å². The molecule has 3 aromatic heterocycles. The molecule has 0 saturated carbocycles. The number of rotatable bonds is 4. The van der Waals surface area contributed by atoms with E-state index in [1.807, 2.05) is 16.8 Å². The first-order valence-electron chi connectivity index (χ1n) is 6.69. The Hall–Kier alpha value is -2.75. The highest BCUT2D eigenvalue weighted by molar-refractivity contribution is 7.08. The first-order chi connectivity index (χ1) is 11.4. The molecule has 124 valence electrons. The van der Waals surface area contributed by atoms with Crippen LogP contribution in [0.2, 0.25) is 0 Å². The summed E-state index contributed by atoms with van der Waals surface area (Å²) in [6.45, 7) is 0.101. The monoisotopic (exact) mass is 353 g/mol. The molecule has 0 bridgehead atoms. The predicted octanol–water partition coefficient (Wildman–Crippen LogP) is 2.67. The van der Waals surface area contributed by atoms with Crippen LogP contribution in [0.15, 0.2) is 41.4 Å². The Morgan fingerprint density at radius 1 is 1.29 bits per heavy atom. The summed E-state index contributed by atoms with van der Waals surface area (Å²) < 4.78 is 38.9. The van der Waals surface area contributed by atoms with Gasteiger partial charge in [-0.15, -0.1) is 5.10 Å². The Morgan fingerprint density at radius 2 is 2.12 bits per heavy atom. The number of thiophene rings is 1. The van der Waals surface area contributed by atoms with Crippen LogP contribution in [0.4, 0.5) is 13.2 Å². The molecule has 0 aliphatic carbocycles. The van der Waals surface area contributed by atoms with Crippen LogP contribution >= 0.6 is 11.3 Å². The van der Waals surface area contributed by atoms with E-state index in [0.29, 0.717) is 5.69 Å². The summed E-state index contributed by atoms with van der Waals surface area (Å²) in [5, 5.41) is 14.2. The number of nitrogens with one attached hydrogen (secondary N) is 1. The normalized spacial score (nSPS) is 11.5. The number of amides is 1. The molecule has 0 radical (unpaired) electrons. The van der Waals surface area contributed by atoms with Crippen molar-refractivity contribution in [1.29, 1.82) is 0 Å². The second-order valence-corrected chi connectivity index (χ2v) is 5.53. The van der Waals surface area contributed by atoms with E-state index in [1.165, 1.54) is 11.3 Å². The van der Waals surface area contributed by atoms with Crippen LogP contribution < -0.4 is 5.32 Å². The van der Waals surface area contributed by atoms with Gasteiger partial charge < -0.3 is 5.32 Å². The van der Waals surface area contributed by atoms with Gasteiger partial charge in [0.2, 0.25) is 0 Å². The minimum Gasteiger partial charge on any atom is -0.346 e. The van der Waals surface area contributed by atoms with E-state index in [-0.39, 0.29) is 12.1 Å². The maximum atomic E-state index is 12.4. The standard InChI is InChI=1S/C14H10F3N5OS/c15-14(16,17)12-2-1-9(5-18-12)13(23)19-6-10-7-22(21-20-10)11-3-4-24-8-11/h1-5,7-8H,6H2,(H,19,23). The van der Waals surface area contributed by atoms with Crippen LogP contribution in [-0.2, 0) is 12.7 Å². The largest absolute Gasteiger partial charge is 0.433 e. The lowest BCUT2D eigenvalue weighted by atomic mass is 10.2. The summed E-state index contributed by atoms with van der Waals surface area (Å²) in [5.74, 6) is -0.540. The summed E-state index contributed by atoms with van der Waals surface area (Å²) in [7, 11) is 0. The molecule has 0 spiro atoms. The van der Waals surface area contributed by atoms with E-state index in [0.717, 1.165) is 24.0 Å². The van der Waals surface area contributed by atoms with Crippen molar-refractivity contribution in [2.75, 3.05) is 0 Å². The number of alkyl halides is 3. The highest BCUT2D eigenvalue weighted by Crippen LogP contribution is 2.27. The zero-order valence-corrected chi connectivity index (χ0v) is 12.8. The van der Waals surface area contributed by atoms with Crippen molar-refractivity contribution in [3.63, 3.8) is 0 Å². The van der Waals surface area contributed by atoms with Gasteiger partial charge in [0.1, 0.15) is 11.4 Å². The van der Waals surface area contributed by atoms with Crippen molar-refractivity contribution in [2.45, 2.75) is 12.7 Å². The second-order valence-electron chi connectivity index (χ2n) is 4.75. The van der Waals surface area contributed by atoms with Gasteiger partial charge in [0.05, 0.1) is 24.0 Å². The molecule has 3 rings (SSSR count). The molecule has 0 fully saturated rings. The van der Waals surface area contributed by atoms with Crippen LogP contribution in [0.5, 0.6) is 0 Å². The zero-order chi connectivity index (χ0) is 17.2. The molecule has 6 nitrogen and oxygen atoms in total.